The summed E-state index contributed by atoms with van der Waals surface area (Å²) in [5.74, 6) is 0. The van der Waals surface area contributed by atoms with Crippen LogP contribution in [0.2, 0.25) is 0 Å². The summed E-state index contributed by atoms with van der Waals surface area (Å²) in [6.45, 7) is 0. The molecule has 0 aliphatic rings. The van der Waals surface area contributed by atoms with Crippen LogP contribution in [0.15, 0.2) is 0 Å². The SMILES string of the molecule is [N-]=[N+]=CNS(=O)(=O)O. The van der Waals surface area contributed by atoms with Gasteiger partial charge in [0.15, 0.2) is 0 Å². The summed E-state index contributed by atoms with van der Waals surface area (Å²) in [5, 5.41) is 0. The average molecular weight is 137 g/mol. The van der Waals surface area contributed by atoms with Crippen LogP contribution >= 0.6 is 0 Å². The number of nitrogens with zero attached hydrogens (tertiary/aromatic N) is 2. The van der Waals surface area contributed by atoms with E-state index in [4.69, 9.17) is 10.1 Å². The zero-order valence-corrected chi connectivity index (χ0v) is 4.46. The van der Waals surface area contributed by atoms with Crippen molar-refractivity contribution in [2.75, 3.05) is 0 Å². The first-order valence-electron chi connectivity index (χ1n) is 1.47. The molecule has 0 fully saturated rings. The van der Waals surface area contributed by atoms with Gasteiger partial charge in [-0.15, -0.1) is 4.72 Å². The van der Waals surface area contributed by atoms with E-state index in [1.807, 2.05) is 0 Å². The molecule has 0 saturated carbocycles. The van der Waals surface area contributed by atoms with Gasteiger partial charge in [0.2, 0.25) is 0 Å². The highest BCUT2D eigenvalue weighted by atomic mass is 32.2. The molecule has 46 valence electrons. The van der Waals surface area contributed by atoms with Crippen molar-refractivity contribution < 1.29 is 17.8 Å². The largest absolute Gasteiger partial charge is 0.498 e. The van der Waals surface area contributed by atoms with Crippen molar-refractivity contribution in [3.63, 3.8) is 0 Å². The molecule has 0 aliphatic carbocycles. The third kappa shape index (κ3) is 5.09. The lowest BCUT2D eigenvalue weighted by atomic mass is 11.4. The van der Waals surface area contributed by atoms with Crippen LogP contribution in [-0.4, -0.2) is 24.1 Å². The van der Waals surface area contributed by atoms with Crippen LogP contribution in [0.5, 0.6) is 0 Å². The first kappa shape index (κ1) is 7.09. The van der Waals surface area contributed by atoms with Gasteiger partial charge in [-0.3, -0.25) is 4.55 Å². The second-order valence-electron chi connectivity index (χ2n) is 0.837. The summed E-state index contributed by atoms with van der Waals surface area (Å²) in [5.41, 5.74) is 7.56. The molecule has 6 nitrogen and oxygen atoms in total. The Kier molecular flexibility index (Phi) is 2.14. The highest BCUT2D eigenvalue weighted by molar-refractivity contribution is 7.84. The lowest BCUT2D eigenvalue weighted by Crippen LogP contribution is -2.20. The quantitative estimate of drug-likeness (QED) is 0.161. The Morgan fingerprint density at radius 2 is 2.25 bits per heavy atom. The minimum Gasteiger partial charge on any atom is -0.498 e. The second kappa shape index (κ2) is 2.41. The highest BCUT2D eigenvalue weighted by Crippen LogP contribution is 1.62. The van der Waals surface area contributed by atoms with Crippen molar-refractivity contribution in [3.05, 3.63) is 5.53 Å². The van der Waals surface area contributed by atoms with Gasteiger partial charge in [-0.2, -0.15) is 8.42 Å². The van der Waals surface area contributed by atoms with Crippen molar-refractivity contribution in [1.29, 1.82) is 0 Å². The van der Waals surface area contributed by atoms with Gasteiger partial charge in [-0.05, 0) is 0 Å². The predicted octanol–water partition coefficient (Wildman–Crippen LogP) is -1.36. The summed E-state index contributed by atoms with van der Waals surface area (Å²) >= 11 is 0. The van der Waals surface area contributed by atoms with E-state index >= 15 is 0 Å². The van der Waals surface area contributed by atoms with Crippen LogP contribution < -0.4 is 4.72 Å². The van der Waals surface area contributed by atoms with E-state index in [2.05, 4.69) is 4.79 Å². The molecular weight excluding hydrogens is 134 g/mol. The van der Waals surface area contributed by atoms with Crippen LogP contribution in [0.25, 0.3) is 5.53 Å². The van der Waals surface area contributed by atoms with Gasteiger partial charge in [-0.1, -0.05) is 0 Å². The fraction of sp³-hybridized carbons (Fsp3) is 0. The summed E-state index contributed by atoms with van der Waals surface area (Å²) < 4.78 is 28.4. The molecule has 0 amide bonds. The van der Waals surface area contributed by atoms with E-state index in [9.17, 15) is 8.42 Å². The van der Waals surface area contributed by atoms with E-state index in [0.717, 1.165) is 0 Å². The third-order valence-electron chi connectivity index (χ3n) is 0.259. The van der Waals surface area contributed by atoms with E-state index < -0.39 is 10.3 Å². The van der Waals surface area contributed by atoms with Crippen LogP contribution in [0, 0.1) is 0 Å². The van der Waals surface area contributed by atoms with E-state index in [1.54, 1.807) is 0 Å². The Morgan fingerprint density at radius 3 is 2.38 bits per heavy atom. The molecule has 0 spiro atoms. The zero-order valence-electron chi connectivity index (χ0n) is 3.64. The predicted molar refractivity (Wildman–Crippen MR) is 24.4 cm³/mol. The molecular formula is CH3N3O3S. The fourth-order valence-electron chi connectivity index (χ4n) is 0.0902. The first-order valence-corrected chi connectivity index (χ1v) is 2.91. The first-order chi connectivity index (χ1) is 3.56. The zero-order chi connectivity index (χ0) is 6.62. The Balaban J connectivity index is 3.94. The molecule has 0 saturated heterocycles. The Bertz CT molecular complexity index is 199. The third-order valence-corrected chi connectivity index (χ3v) is 0.663. The number of rotatable bonds is 2. The molecule has 2 N–H and O–H groups in total. The smallest absolute Gasteiger partial charge is 0.433 e. The second-order valence-corrected chi connectivity index (χ2v) is 2.02. The maximum absolute atomic E-state index is 9.63. The van der Waals surface area contributed by atoms with Crippen LogP contribution in [0.3, 0.4) is 0 Å². The molecule has 0 heterocycles. The van der Waals surface area contributed by atoms with E-state index in [-0.39, 0.29) is 0 Å². The highest BCUT2D eigenvalue weighted by Gasteiger charge is 2.02. The number of hydrogen-bond acceptors (Lipinski definition) is 2. The van der Waals surface area contributed by atoms with Crippen molar-refractivity contribution >= 4 is 16.6 Å². The van der Waals surface area contributed by atoms with Gasteiger partial charge in [0.05, 0.1) is 0 Å². The maximum atomic E-state index is 9.63. The molecule has 0 atom stereocenters. The van der Waals surface area contributed by atoms with Gasteiger partial charge in [0, 0.05) is 0 Å². The molecule has 0 aliphatic heterocycles. The summed E-state index contributed by atoms with van der Waals surface area (Å²) in [6, 6.07) is 0. The van der Waals surface area contributed by atoms with Crippen molar-refractivity contribution in [2.45, 2.75) is 0 Å². The van der Waals surface area contributed by atoms with Gasteiger partial charge in [0.1, 0.15) is 0 Å². The van der Waals surface area contributed by atoms with Gasteiger partial charge >= 0.3 is 16.6 Å². The fourth-order valence-corrected chi connectivity index (χ4v) is 0.271. The lowest BCUT2D eigenvalue weighted by molar-refractivity contribution is 0.000599. The van der Waals surface area contributed by atoms with Crippen molar-refractivity contribution in [3.8, 4) is 0 Å². The molecule has 0 unspecified atom stereocenters. The monoisotopic (exact) mass is 137 g/mol. The average Bonchev–Trinajstić information content (AvgIpc) is 1.59. The molecule has 8 heavy (non-hydrogen) atoms. The van der Waals surface area contributed by atoms with Crippen LogP contribution in [-0.2, 0) is 10.3 Å². The number of nitrogens with one attached hydrogen (secondary N) is 1. The minimum absolute atomic E-state index is 0.426. The van der Waals surface area contributed by atoms with Gasteiger partial charge in [0.25, 0.3) is 0 Å². The molecule has 0 radical (unpaired) electrons. The summed E-state index contributed by atoms with van der Waals surface area (Å²) in [6.07, 6.45) is 0.426. The van der Waals surface area contributed by atoms with Crippen LogP contribution in [0.1, 0.15) is 0 Å². The summed E-state index contributed by atoms with van der Waals surface area (Å²) in [7, 11) is -4.25. The maximum Gasteiger partial charge on any atom is 0.433 e. The minimum atomic E-state index is -4.25. The van der Waals surface area contributed by atoms with Gasteiger partial charge in [-0.25, -0.2) is 0 Å². The molecule has 7 heteroatoms. The molecule has 0 rings (SSSR count). The molecule has 0 aromatic heterocycles. The standard InChI is InChI=1S/CH3N3O3S/c2-3-1-4-8(5,6)7/h1,4H,(H,5,6,7). The molecule has 0 aromatic carbocycles. The van der Waals surface area contributed by atoms with Crippen molar-refractivity contribution in [1.82, 2.24) is 4.72 Å². The lowest BCUT2D eigenvalue weighted by Gasteiger charge is -1.79. The molecule has 0 aromatic rings. The Hall–Kier alpha value is -0.910. The van der Waals surface area contributed by atoms with E-state index in [1.165, 1.54) is 4.72 Å². The Morgan fingerprint density at radius 1 is 1.75 bits per heavy atom. The topological polar surface area (TPSA) is 103 Å². The normalized spacial score (nSPS) is 9.62. The van der Waals surface area contributed by atoms with Gasteiger partial charge < -0.3 is 10.3 Å². The van der Waals surface area contributed by atoms with E-state index in [0.29, 0.717) is 6.34 Å². The van der Waals surface area contributed by atoms with Crippen LogP contribution in [0.4, 0.5) is 0 Å². The van der Waals surface area contributed by atoms with Crippen molar-refractivity contribution in [2.24, 2.45) is 0 Å². The Labute approximate surface area is 45.6 Å². The number of hydrogen-bond donors (Lipinski definition) is 2. The summed E-state index contributed by atoms with van der Waals surface area (Å²) in [4.78, 5) is 2.25. The molecule has 0 bridgehead atoms.